The molecular formula is C15H14N2O. The van der Waals surface area contributed by atoms with Crippen molar-refractivity contribution in [1.82, 2.24) is 9.61 Å². The van der Waals surface area contributed by atoms with Crippen LogP contribution >= 0.6 is 0 Å². The summed E-state index contributed by atoms with van der Waals surface area (Å²) in [6.07, 6.45) is 2.96. The predicted molar refractivity (Wildman–Crippen MR) is 70.4 cm³/mol. The highest BCUT2D eigenvalue weighted by Gasteiger charge is 2.14. The number of nitrogens with zero attached hydrogens (tertiary/aromatic N) is 2. The van der Waals surface area contributed by atoms with Crippen LogP contribution in [-0.4, -0.2) is 14.7 Å². The van der Waals surface area contributed by atoms with Crippen LogP contribution in [0.25, 0.3) is 5.52 Å². The first-order valence-corrected chi connectivity index (χ1v) is 5.92. The Bertz CT molecular complexity index is 670. The molecule has 90 valence electrons. The lowest BCUT2D eigenvalue weighted by Gasteiger charge is -2.10. The summed E-state index contributed by atoms with van der Waals surface area (Å²) in [5.74, 6) is 0. The molecule has 0 bridgehead atoms. The number of rotatable bonds is 2. The van der Waals surface area contributed by atoms with E-state index in [1.165, 1.54) is 5.56 Å². The first-order valence-electron chi connectivity index (χ1n) is 5.92. The van der Waals surface area contributed by atoms with Crippen molar-refractivity contribution >= 4 is 5.52 Å². The number of pyridine rings is 1. The average molecular weight is 238 g/mol. The van der Waals surface area contributed by atoms with Crippen LogP contribution in [0.3, 0.4) is 0 Å². The van der Waals surface area contributed by atoms with Gasteiger partial charge in [-0.2, -0.15) is 5.10 Å². The number of aromatic nitrogens is 2. The minimum absolute atomic E-state index is 0.634. The van der Waals surface area contributed by atoms with Crippen LogP contribution in [-0.2, 0) is 0 Å². The Hall–Kier alpha value is -2.13. The molecule has 0 saturated carbocycles. The molecule has 3 rings (SSSR count). The Morgan fingerprint density at radius 1 is 1.11 bits per heavy atom. The van der Waals surface area contributed by atoms with Gasteiger partial charge in [0.15, 0.2) is 0 Å². The van der Waals surface area contributed by atoms with Crippen molar-refractivity contribution in [2.45, 2.75) is 13.0 Å². The number of hydrogen-bond acceptors (Lipinski definition) is 2. The van der Waals surface area contributed by atoms with E-state index in [4.69, 9.17) is 0 Å². The van der Waals surface area contributed by atoms with Crippen LogP contribution < -0.4 is 0 Å². The highest BCUT2D eigenvalue weighted by atomic mass is 16.3. The molecular weight excluding hydrogens is 224 g/mol. The summed E-state index contributed by atoms with van der Waals surface area (Å²) >= 11 is 0. The van der Waals surface area contributed by atoms with Gasteiger partial charge in [0.2, 0.25) is 0 Å². The first kappa shape index (κ1) is 11.0. The molecule has 2 heterocycles. The summed E-state index contributed by atoms with van der Waals surface area (Å²) in [4.78, 5) is 0. The number of benzene rings is 1. The molecule has 0 spiro atoms. The monoisotopic (exact) mass is 238 g/mol. The van der Waals surface area contributed by atoms with Crippen molar-refractivity contribution in [3.63, 3.8) is 0 Å². The first-order chi connectivity index (χ1) is 8.75. The zero-order chi connectivity index (χ0) is 12.5. The third-order valence-corrected chi connectivity index (χ3v) is 3.14. The van der Waals surface area contributed by atoms with Gasteiger partial charge in [0.25, 0.3) is 0 Å². The molecule has 1 aromatic carbocycles. The van der Waals surface area contributed by atoms with Gasteiger partial charge in [-0.25, -0.2) is 4.52 Å². The van der Waals surface area contributed by atoms with E-state index < -0.39 is 6.10 Å². The number of aliphatic hydroxyl groups is 1. The fourth-order valence-electron chi connectivity index (χ4n) is 2.09. The van der Waals surface area contributed by atoms with Crippen LogP contribution in [0.4, 0.5) is 0 Å². The molecule has 1 N–H and O–H groups in total. The maximum Gasteiger partial charge on any atom is 0.108 e. The molecule has 0 fully saturated rings. The minimum atomic E-state index is -0.634. The van der Waals surface area contributed by atoms with Gasteiger partial charge >= 0.3 is 0 Å². The topological polar surface area (TPSA) is 37.5 Å². The molecule has 1 atom stereocenters. The highest BCUT2D eigenvalue weighted by molar-refractivity contribution is 5.56. The van der Waals surface area contributed by atoms with Gasteiger partial charge < -0.3 is 5.11 Å². The maximum absolute atomic E-state index is 10.4. The zero-order valence-electron chi connectivity index (χ0n) is 10.1. The lowest BCUT2D eigenvalue weighted by molar-refractivity contribution is 0.222. The van der Waals surface area contributed by atoms with Crippen molar-refractivity contribution in [3.05, 3.63) is 71.5 Å². The quantitative estimate of drug-likeness (QED) is 0.745. The van der Waals surface area contributed by atoms with Crippen molar-refractivity contribution in [2.75, 3.05) is 0 Å². The SMILES string of the molecule is Cc1ccc(C(O)c2cnn3ccccc23)cc1. The summed E-state index contributed by atoms with van der Waals surface area (Å²) in [5, 5.41) is 14.7. The summed E-state index contributed by atoms with van der Waals surface area (Å²) in [6.45, 7) is 2.03. The predicted octanol–water partition coefficient (Wildman–Crippen LogP) is 2.72. The van der Waals surface area contributed by atoms with Crippen molar-refractivity contribution in [1.29, 1.82) is 0 Å². The van der Waals surface area contributed by atoms with E-state index in [1.54, 1.807) is 10.7 Å². The van der Waals surface area contributed by atoms with Gasteiger partial charge in [0, 0.05) is 11.8 Å². The molecule has 3 heteroatoms. The third kappa shape index (κ3) is 1.79. The van der Waals surface area contributed by atoms with Gasteiger partial charge in [-0.15, -0.1) is 0 Å². The lowest BCUT2D eigenvalue weighted by Crippen LogP contribution is -1.99. The molecule has 1 unspecified atom stereocenters. The molecule has 3 nitrogen and oxygen atoms in total. The Morgan fingerprint density at radius 2 is 1.89 bits per heavy atom. The largest absolute Gasteiger partial charge is 0.384 e. The molecule has 2 aromatic heterocycles. The van der Waals surface area contributed by atoms with E-state index in [0.717, 1.165) is 16.6 Å². The smallest absolute Gasteiger partial charge is 0.108 e. The molecule has 3 aromatic rings. The fraction of sp³-hybridized carbons (Fsp3) is 0.133. The van der Waals surface area contributed by atoms with Crippen LogP contribution in [0.1, 0.15) is 22.8 Å². The highest BCUT2D eigenvalue weighted by Crippen LogP contribution is 2.25. The number of aliphatic hydroxyl groups excluding tert-OH is 1. The number of aryl methyl sites for hydroxylation is 1. The standard InChI is InChI=1S/C15H14N2O/c1-11-5-7-12(8-6-11)15(18)13-10-16-17-9-3-2-4-14(13)17/h2-10,15,18H,1H3. The average Bonchev–Trinajstić information content (AvgIpc) is 2.82. The molecule has 0 aliphatic carbocycles. The Kier molecular flexibility index (Phi) is 2.61. The third-order valence-electron chi connectivity index (χ3n) is 3.14. The van der Waals surface area contributed by atoms with Gasteiger partial charge in [0.05, 0.1) is 11.7 Å². The summed E-state index contributed by atoms with van der Waals surface area (Å²) in [6, 6.07) is 13.7. The Morgan fingerprint density at radius 3 is 2.67 bits per heavy atom. The van der Waals surface area contributed by atoms with Gasteiger partial charge in [-0.3, -0.25) is 0 Å². The minimum Gasteiger partial charge on any atom is -0.384 e. The second-order valence-electron chi connectivity index (χ2n) is 4.44. The van der Waals surface area contributed by atoms with Crippen LogP contribution in [0.15, 0.2) is 54.9 Å². The Balaban J connectivity index is 2.06. The molecule has 0 aliphatic rings. The molecule has 18 heavy (non-hydrogen) atoms. The summed E-state index contributed by atoms with van der Waals surface area (Å²) in [7, 11) is 0. The Labute approximate surface area is 105 Å². The second-order valence-corrected chi connectivity index (χ2v) is 4.44. The summed E-state index contributed by atoms with van der Waals surface area (Å²) in [5.41, 5.74) is 3.84. The molecule has 0 amide bonds. The van der Waals surface area contributed by atoms with Crippen molar-refractivity contribution in [2.24, 2.45) is 0 Å². The van der Waals surface area contributed by atoms with Crippen molar-refractivity contribution in [3.8, 4) is 0 Å². The lowest BCUT2D eigenvalue weighted by atomic mass is 10.0. The normalized spacial score (nSPS) is 12.8. The van der Waals surface area contributed by atoms with Crippen LogP contribution in [0.2, 0.25) is 0 Å². The van der Waals surface area contributed by atoms with Crippen LogP contribution in [0.5, 0.6) is 0 Å². The van der Waals surface area contributed by atoms with E-state index >= 15 is 0 Å². The molecule has 0 radical (unpaired) electrons. The summed E-state index contributed by atoms with van der Waals surface area (Å²) < 4.78 is 1.77. The van der Waals surface area contributed by atoms with Crippen molar-refractivity contribution < 1.29 is 5.11 Å². The van der Waals surface area contributed by atoms with E-state index in [0.29, 0.717) is 0 Å². The van der Waals surface area contributed by atoms with Gasteiger partial charge in [-0.1, -0.05) is 35.9 Å². The van der Waals surface area contributed by atoms with E-state index in [1.807, 2.05) is 55.6 Å². The van der Waals surface area contributed by atoms with E-state index in [9.17, 15) is 5.11 Å². The van der Waals surface area contributed by atoms with E-state index in [-0.39, 0.29) is 0 Å². The maximum atomic E-state index is 10.4. The van der Waals surface area contributed by atoms with Crippen LogP contribution in [0, 0.1) is 6.92 Å². The molecule has 0 aliphatic heterocycles. The second kappa shape index (κ2) is 4.27. The molecule has 0 saturated heterocycles. The zero-order valence-corrected chi connectivity index (χ0v) is 10.1. The van der Waals surface area contributed by atoms with E-state index in [2.05, 4.69) is 5.10 Å². The number of hydrogen-bond donors (Lipinski definition) is 1. The van der Waals surface area contributed by atoms with Gasteiger partial charge in [-0.05, 0) is 24.6 Å². The number of fused-ring (bicyclic) bond motifs is 1. The van der Waals surface area contributed by atoms with Gasteiger partial charge in [0.1, 0.15) is 6.10 Å². The fourth-order valence-corrected chi connectivity index (χ4v) is 2.09.